The fraction of sp³-hybridized carbons (Fsp3) is 0.192. The smallest absolute Gasteiger partial charge is 0.414 e. The molecule has 0 aliphatic carbocycles. The highest BCUT2D eigenvalue weighted by atomic mass is 19.1. The Morgan fingerprint density at radius 2 is 1.81 bits per heavy atom. The molecule has 0 saturated carbocycles. The first-order valence-corrected chi connectivity index (χ1v) is 11.2. The Morgan fingerprint density at radius 3 is 2.50 bits per heavy atom. The number of urea groups is 1. The number of nitrogens with zero attached hydrogens (tertiary/aromatic N) is 1. The minimum atomic E-state index is -0.601. The fourth-order valence-electron chi connectivity index (χ4n) is 3.73. The van der Waals surface area contributed by atoms with Crippen LogP contribution in [0.2, 0.25) is 0 Å². The van der Waals surface area contributed by atoms with E-state index in [0.717, 1.165) is 5.56 Å². The zero-order valence-electron chi connectivity index (χ0n) is 19.4. The molecule has 0 spiro atoms. The minimum Gasteiger partial charge on any atom is -0.442 e. The van der Waals surface area contributed by atoms with Crippen LogP contribution < -0.4 is 20.9 Å². The van der Waals surface area contributed by atoms with Crippen LogP contribution >= 0.6 is 0 Å². The highest BCUT2D eigenvalue weighted by Gasteiger charge is 2.32. The molecule has 36 heavy (non-hydrogen) atoms. The third-order valence-electron chi connectivity index (χ3n) is 5.52. The van der Waals surface area contributed by atoms with E-state index >= 15 is 0 Å². The van der Waals surface area contributed by atoms with Crippen molar-refractivity contribution in [3.8, 4) is 11.1 Å². The fourth-order valence-corrected chi connectivity index (χ4v) is 3.73. The maximum Gasteiger partial charge on any atom is 0.414 e. The number of cyclic esters (lactones) is 1. The van der Waals surface area contributed by atoms with Crippen molar-refractivity contribution in [2.24, 2.45) is 0 Å². The summed E-state index contributed by atoms with van der Waals surface area (Å²) >= 11 is 0. The molecule has 186 valence electrons. The molecule has 4 rings (SSSR count). The number of nitrogens with one attached hydrogen (secondary N) is 3. The molecule has 1 heterocycles. The van der Waals surface area contributed by atoms with Gasteiger partial charge in [-0.15, -0.1) is 0 Å². The van der Waals surface area contributed by atoms with Crippen molar-refractivity contribution in [2.45, 2.75) is 19.6 Å². The van der Waals surface area contributed by atoms with E-state index in [4.69, 9.17) is 4.74 Å². The third-order valence-corrected chi connectivity index (χ3v) is 5.52. The van der Waals surface area contributed by atoms with Gasteiger partial charge in [0.2, 0.25) is 5.91 Å². The van der Waals surface area contributed by atoms with E-state index in [1.807, 2.05) is 0 Å². The lowest BCUT2D eigenvalue weighted by molar-refractivity contribution is -0.119. The lowest BCUT2D eigenvalue weighted by atomic mass is 10.0. The molecule has 1 fully saturated rings. The van der Waals surface area contributed by atoms with Crippen LogP contribution in [-0.4, -0.2) is 37.2 Å². The first kappa shape index (κ1) is 24.6. The highest BCUT2D eigenvalue weighted by Crippen LogP contribution is 2.29. The number of amides is 4. The van der Waals surface area contributed by atoms with Crippen LogP contribution in [0.25, 0.3) is 11.1 Å². The lowest BCUT2D eigenvalue weighted by Crippen LogP contribution is -2.33. The third kappa shape index (κ3) is 6.15. The average molecular weight is 494 g/mol. The number of anilines is 2. The van der Waals surface area contributed by atoms with Gasteiger partial charge in [-0.2, -0.15) is 0 Å². The van der Waals surface area contributed by atoms with Gasteiger partial charge in [0.05, 0.1) is 18.8 Å². The van der Waals surface area contributed by atoms with Gasteiger partial charge in [-0.25, -0.2) is 18.4 Å². The van der Waals surface area contributed by atoms with E-state index < -0.39 is 29.9 Å². The molecular weight excluding hydrogens is 470 g/mol. The van der Waals surface area contributed by atoms with Crippen LogP contribution in [0.3, 0.4) is 0 Å². The molecule has 10 heteroatoms. The summed E-state index contributed by atoms with van der Waals surface area (Å²) in [5.74, 6) is -1.19. The van der Waals surface area contributed by atoms with E-state index in [0.29, 0.717) is 22.5 Å². The first-order valence-electron chi connectivity index (χ1n) is 11.2. The molecule has 1 aliphatic heterocycles. The summed E-state index contributed by atoms with van der Waals surface area (Å²) in [6.07, 6.45) is -1.11. The summed E-state index contributed by atoms with van der Waals surface area (Å²) in [6, 6.07) is 16.6. The van der Waals surface area contributed by atoms with Crippen molar-refractivity contribution in [1.29, 1.82) is 0 Å². The molecule has 0 radical (unpaired) electrons. The van der Waals surface area contributed by atoms with Crippen molar-refractivity contribution in [3.63, 3.8) is 0 Å². The number of carbonyl (C=O) groups excluding carboxylic acids is 3. The van der Waals surface area contributed by atoms with Gasteiger partial charge in [-0.1, -0.05) is 30.3 Å². The topological polar surface area (TPSA) is 99.8 Å². The standard InChI is InChI=1S/C26H24F2N4O4/c1-16(33)29-14-22-15-32(26(35)36-22)21-9-10-23(24(28)12-21)18-7-5-17(6-8-18)13-30-25(34)31-20-4-2-3-19(27)11-20/h2-12,22H,13-15H2,1H3,(H,29,33)(H2,30,31,34)/t22-/m0/s1. The zero-order chi connectivity index (χ0) is 25.7. The molecule has 0 unspecified atom stereocenters. The van der Waals surface area contributed by atoms with Crippen LogP contribution in [0.5, 0.6) is 0 Å². The maximum atomic E-state index is 14.9. The van der Waals surface area contributed by atoms with Gasteiger partial charge in [0, 0.05) is 24.7 Å². The normalized spacial score (nSPS) is 14.8. The maximum absolute atomic E-state index is 14.9. The molecule has 1 atom stereocenters. The summed E-state index contributed by atoms with van der Waals surface area (Å²) < 4.78 is 33.4. The van der Waals surface area contributed by atoms with Gasteiger partial charge in [0.25, 0.3) is 0 Å². The molecule has 0 aromatic heterocycles. The second kappa shape index (κ2) is 10.9. The average Bonchev–Trinajstić information content (AvgIpc) is 3.22. The number of ether oxygens (including phenoxy) is 1. The number of halogens is 2. The van der Waals surface area contributed by atoms with Crippen LogP contribution in [0.1, 0.15) is 12.5 Å². The van der Waals surface area contributed by atoms with Gasteiger partial charge in [0.1, 0.15) is 17.7 Å². The van der Waals surface area contributed by atoms with Crippen LogP contribution in [-0.2, 0) is 16.1 Å². The number of carbonyl (C=O) groups is 3. The predicted octanol–water partition coefficient (Wildman–Crippen LogP) is 4.41. The van der Waals surface area contributed by atoms with E-state index in [2.05, 4.69) is 16.0 Å². The second-order valence-corrected chi connectivity index (χ2v) is 8.23. The Hall–Kier alpha value is -4.47. The molecule has 4 amide bonds. The van der Waals surface area contributed by atoms with Gasteiger partial charge in [0.15, 0.2) is 0 Å². The van der Waals surface area contributed by atoms with E-state index in [-0.39, 0.29) is 25.5 Å². The summed E-state index contributed by atoms with van der Waals surface area (Å²) in [7, 11) is 0. The van der Waals surface area contributed by atoms with Crippen molar-refractivity contribution in [2.75, 3.05) is 23.3 Å². The monoisotopic (exact) mass is 494 g/mol. The van der Waals surface area contributed by atoms with Crippen LogP contribution in [0.4, 0.5) is 29.7 Å². The molecule has 1 saturated heterocycles. The molecule has 1 aliphatic rings. The van der Waals surface area contributed by atoms with Gasteiger partial charge in [-0.3, -0.25) is 9.69 Å². The Kier molecular flexibility index (Phi) is 7.43. The molecule has 3 N–H and O–H groups in total. The van der Waals surface area contributed by atoms with Gasteiger partial charge >= 0.3 is 12.1 Å². The van der Waals surface area contributed by atoms with Crippen molar-refractivity contribution in [3.05, 3.63) is 83.9 Å². The SMILES string of the molecule is CC(=O)NC[C@H]1CN(c2ccc(-c3ccc(CNC(=O)Nc4cccc(F)c4)cc3)c(F)c2)C(=O)O1. The van der Waals surface area contributed by atoms with Gasteiger partial charge < -0.3 is 20.7 Å². The quantitative estimate of drug-likeness (QED) is 0.453. The van der Waals surface area contributed by atoms with Crippen molar-refractivity contribution in [1.82, 2.24) is 10.6 Å². The van der Waals surface area contributed by atoms with Crippen LogP contribution in [0, 0.1) is 11.6 Å². The number of hydrogen-bond donors (Lipinski definition) is 3. The van der Waals surface area contributed by atoms with E-state index in [9.17, 15) is 23.2 Å². The Morgan fingerprint density at radius 1 is 1.03 bits per heavy atom. The molecule has 8 nitrogen and oxygen atoms in total. The highest BCUT2D eigenvalue weighted by molar-refractivity contribution is 5.90. The largest absolute Gasteiger partial charge is 0.442 e. The second-order valence-electron chi connectivity index (χ2n) is 8.23. The van der Waals surface area contributed by atoms with Crippen LogP contribution in [0.15, 0.2) is 66.7 Å². The lowest BCUT2D eigenvalue weighted by Gasteiger charge is -2.15. The van der Waals surface area contributed by atoms with E-state index in [1.165, 1.54) is 36.1 Å². The number of benzene rings is 3. The molecular formula is C26H24F2N4O4. The summed E-state index contributed by atoms with van der Waals surface area (Å²) in [5, 5.41) is 7.83. The number of hydrogen-bond acceptors (Lipinski definition) is 4. The van der Waals surface area contributed by atoms with Crippen molar-refractivity contribution < 1.29 is 27.9 Å². The Balaban J connectivity index is 1.35. The van der Waals surface area contributed by atoms with Gasteiger partial charge in [-0.05, 0) is 47.5 Å². The molecule has 0 bridgehead atoms. The first-order chi connectivity index (χ1) is 17.3. The van der Waals surface area contributed by atoms with Crippen molar-refractivity contribution >= 4 is 29.4 Å². The minimum absolute atomic E-state index is 0.186. The zero-order valence-corrected chi connectivity index (χ0v) is 19.4. The summed E-state index contributed by atoms with van der Waals surface area (Å²) in [5.41, 5.74) is 2.46. The molecule has 3 aromatic rings. The summed E-state index contributed by atoms with van der Waals surface area (Å²) in [6.45, 7) is 1.98. The molecule has 3 aromatic carbocycles. The van der Waals surface area contributed by atoms with E-state index in [1.54, 1.807) is 42.5 Å². The summed E-state index contributed by atoms with van der Waals surface area (Å²) in [4.78, 5) is 36.6. The number of rotatable bonds is 7. The Labute approximate surface area is 206 Å². The Bertz CT molecular complexity index is 1280. The predicted molar refractivity (Wildman–Crippen MR) is 130 cm³/mol.